The van der Waals surface area contributed by atoms with E-state index in [1.807, 2.05) is 6.92 Å². The third-order valence-corrected chi connectivity index (χ3v) is 5.38. The number of para-hydroxylation sites is 1. The summed E-state index contributed by atoms with van der Waals surface area (Å²) < 4.78 is 0. The summed E-state index contributed by atoms with van der Waals surface area (Å²) in [6.45, 7) is 5.76. The van der Waals surface area contributed by atoms with Gasteiger partial charge in [-0.3, -0.25) is 0 Å². The molecule has 124 valence electrons. The number of nitrogens with one attached hydrogen (secondary N) is 1. The summed E-state index contributed by atoms with van der Waals surface area (Å²) in [5, 5.41) is 12.8. The molecule has 1 aromatic carbocycles. The minimum Gasteiger partial charge on any atom is -0.629 e. The monoisotopic (exact) mass is 376 g/mol. The van der Waals surface area contributed by atoms with Crippen molar-refractivity contribution in [2.24, 2.45) is 5.92 Å². The Bertz CT molecular complexity index is 626. The molecule has 2 unspecified atom stereocenters. The van der Waals surface area contributed by atoms with Crippen LogP contribution in [0.1, 0.15) is 32.3 Å². The van der Waals surface area contributed by atoms with Crippen molar-refractivity contribution in [3.05, 3.63) is 58.6 Å². The van der Waals surface area contributed by atoms with Gasteiger partial charge in [0.25, 0.3) is 0 Å². The van der Waals surface area contributed by atoms with Gasteiger partial charge in [-0.15, -0.1) is 0 Å². The molecule has 0 bridgehead atoms. The summed E-state index contributed by atoms with van der Waals surface area (Å²) in [4.78, 5) is 2.65. The van der Waals surface area contributed by atoms with Crippen molar-refractivity contribution < 1.29 is 5.06 Å². The molecule has 0 amide bonds. The minimum atomic E-state index is 0.235. The molecule has 1 N–H and O–H groups in total. The lowest BCUT2D eigenvalue weighted by molar-refractivity contribution is -0.801. The number of hydrogen-bond donors (Lipinski definition) is 1. The molecule has 1 aromatic rings. The van der Waals surface area contributed by atoms with Gasteiger partial charge in [0.2, 0.25) is 0 Å². The van der Waals surface area contributed by atoms with Crippen LogP contribution >= 0.6 is 15.9 Å². The van der Waals surface area contributed by atoms with Gasteiger partial charge >= 0.3 is 0 Å². The summed E-state index contributed by atoms with van der Waals surface area (Å²) in [6, 6.07) is 8.61. The van der Waals surface area contributed by atoms with E-state index in [0.29, 0.717) is 12.5 Å². The Morgan fingerprint density at radius 3 is 2.91 bits per heavy atom. The highest BCUT2D eigenvalue weighted by Gasteiger charge is 2.29. The van der Waals surface area contributed by atoms with E-state index in [1.54, 1.807) is 0 Å². The van der Waals surface area contributed by atoms with Crippen molar-refractivity contribution in [1.29, 1.82) is 0 Å². The van der Waals surface area contributed by atoms with Crippen molar-refractivity contribution >= 4 is 21.6 Å². The lowest BCUT2D eigenvalue weighted by Crippen LogP contribution is -3.05. The second kappa shape index (κ2) is 7.20. The molecule has 3 rings (SSSR count). The van der Waals surface area contributed by atoms with Crippen molar-refractivity contribution in [3.8, 4) is 0 Å². The summed E-state index contributed by atoms with van der Waals surface area (Å²) in [7, 11) is 0. The van der Waals surface area contributed by atoms with E-state index >= 15 is 0 Å². The van der Waals surface area contributed by atoms with Gasteiger partial charge in [0.05, 0.1) is 12.2 Å². The van der Waals surface area contributed by atoms with Crippen LogP contribution in [0.2, 0.25) is 0 Å². The van der Waals surface area contributed by atoms with Gasteiger partial charge in [-0.2, -0.15) is 0 Å². The maximum Gasteiger partial charge on any atom is 0.151 e. The van der Waals surface area contributed by atoms with Gasteiger partial charge in [0.1, 0.15) is 0 Å². The fourth-order valence-corrected chi connectivity index (χ4v) is 4.07. The van der Waals surface area contributed by atoms with Crippen molar-refractivity contribution in [3.63, 3.8) is 0 Å². The number of rotatable bonds is 3. The smallest absolute Gasteiger partial charge is 0.151 e. The molecule has 3 nitrogen and oxygen atoms in total. The summed E-state index contributed by atoms with van der Waals surface area (Å²) >= 11 is 3.69. The number of benzene rings is 1. The Balaban J connectivity index is 2.04. The van der Waals surface area contributed by atoms with Crippen LogP contribution in [0.4, 0.5) is 5.69 Å². The van der Waals surface area contributed by atoms with Gasteiger partial charge in [-0.1, -0.05) is 47.1 Å². The van der Waals surface area contributed by atoms with Gasteiger partial charge in [-0.25, -0.2) is 0 Å². The van der Waals surface area contributed by atoms with E-state index in [2.05, 4.69) is 64.2 Å². The molecule has 1 aliphatic heterocycles. The number of nitrogens with zero attached hydrogens (tertiary/aromatic N) is 1. The number of alkyl halides is 1. The number of hydroxylamine groups is 2. The molecule has 3 atom stereocenters. The first-order chi connectivity index (χ1) is 11.1. The first-order valence-corrected chi connectivity index (χ1v) is 9.46. The fourth-order valence-electron chi connectivity index (χ4n) is 3.55. The Labute approximate surface area is 147 Å². The molecule has 4 heteroatoms. The van der Waals surface area contributed by atoms with E-state index in [1.165, 1.54) is 11.3 Å². The molecule has 1 heterocycles. The SMILES string of the molecule is CC[NH+]([O-])C1=CC(Br)CCC=C1N1C[C@H](C)Cc2ccccc21. The van der Waals surface area contributed by atoms with Crippen LogP contribution in [-0.4, -0.2) is 17.9 Å². The first kappa shape index (κ1) is 16.7. The largest absolute Gasteiger partial charge is 0.629 e. The third kappa shape index (κ3) is 3.54. The second-order valence-electron chi connectivity index (χ2n) is 6.59. The van der Waals surface area contributed by atoms with Crippen LogP contribution in [-0.2, 0) is 6.42 Å². The van der Waals surface area contributed by atoms with Crippen molar-refractivity contribution in [2.75, 3.05) is 18.0 Å². The lowest BCUT2D eigenvalue weighted by atomic mass is 9.93. The second-order valence-corrected chi connectivity index (χ2v) is 7.76. The van der Waals surface area contributed by atoms with E-state index in [0.717, 1.165) is 37.2 Å². The Morgan fingerprint density at radius 2 is 2.13 bits per heavy atom. The standard InChI is InChI=1S/C19H25BrN2O/c1-3-22(23)19-12-16(20)8-6-10-18(19)21-13-14(2)11-15-7-4-5-9-17(15)21/h4-5,7,9-10,12,14,16,22H,3,6,8,11,13H2,1-2H3/t14-,16?/m1/s1. The van der Waals surface area contributed by atoms with E-state index in [9.17, 15) is 5.21 Å². The molecule has 2 aliphatic rings. The number of allylic oxidation sites excluding steroid dienone is 2. The number of quaternary nitrogens is 1. The van der Waals surface area contributed by atoms with E-state index in [-0.39, 0.29) is 9.89 Å². The molecule has 0 fully saturated rings. The average Bonchev–Trinajstić information content (AvgIpc) is 2.74. The first-order valence-electron chi connectivity index (χ1n) is 8.55. The minimum absolute atomic E-state index is 0.235. The summed E-state index contributed by atoms with van der Waals surface area (Å²) in [5.74, 6) is 0.590. The number of halogens is 1. The Hall–Kier alpha value is -1.10. The zero-order chi connectivity index (χ0) is 16.4. The normalized spacial score (nSPS) is 26.0. The highest BCUT2D eigenvalue weighted by molar-refractivity contribution is 9.09. The Kier molecular flexibility index (Phi) is 5.24. The predicted octanol–water partition coefficient (Wildman–Crippen LogP) is 3.41. The topological polar surface area (TPSA) is 30.7 Å². The highest BCUT2D eigenvalue weighted by atomic mass is 79.9. The van der Waals surface area contributed by atoms with Crippen LogP contribution in [0, 0.1) is 11.1 Å². The fraction of sp³-hybridized carbons (Fsp3) is 0.474. The van der Waals surface area contributed by atoms with Crippen LogP contribution in [0.3, 0.4) is 0 Å². The molecular weight excluding hydrogens is 352 g/mol. The summed E-state index contributed by atoms with van der Waals surface area (Å²) in [5.41, 5.74) is 4.64. The maximum atomic E-state index is 12.6. The molecule has 0 radical (unpaired) electrons. The molecular formula is C19H25BrN2O. The lowest BCUT2D eigenvalue weighted by Gasteiger charge is -2.38. The predicted molar refractivity (Wildman–Crippen MR) is 99.6 cm³/mol. The molecule has 23 heavy (non-hydrogen) atoms. The van der Waals surface area contributed by atoms with Gasteiger partial charge in [-0.05, 0) is 49.8 Å². The molecule has 0 saturated heterocycles. The third-order valence-electron chi connectivity index (χ3n) is 4.66. The quantitative estimate of drug-likeness (QED) is 0.647. The zero-order valence-electron chi connectivity index (χ0n) is 13.9. The maximum absolute atomic E-state index is 12.6. The van der Waals surface area contributed by atoms with Crippen LogP contribution in [0.5, 0.6) is 0 Å². The molecule has 0 spiro atoms. The number of hydrogen-bond acceptors (Lipinski definition) is 2. The van der Waals surface area contributed by atoms with E-state index < -0.39 is 0 Å². The van der Waals surface area contributed by atoms with Crippen molar-refractivity contribution in [2.45, 2.75) is 37.9 Å². The van der Waals surface area contributed by atoms with Gasteiger partial charge < -0.3 is 15.2 Å². The van der Waals surface area contributed by atoms with Crippen molar-refractivity contribution in [1.82, 2.24) is 0 Å². The van der Waals surface area contributed by atoms with Crippen LogP contribution in [0.15, 0.2) is 47.8 Å². The number of fused-ring (bicyclic) bond motifs is 1. The van der Waals surface area contributed by atoms with Crippen LogP contribution in [0.25, 0.3) is 0 Å². The molecule has 0 saturated carbocycles. The van der Waals surface area contributed by atoms with Gasteiger partial charge in [0, 0.05) is 17.1 Å². The Morgan fingerprint density at radius 1 is 1.35 bits per heavy atom. The van der Waals surface area contributed by atoms with Gasteiger partial charge in [0.15, 0.2) is 5.70 Å². The van der Waals surface area contributed by atoms with E-state index in [4.69, 9.17) is 0 Å². The molecule has 1 aliphatic carbocycles. The summed E-state index contributed by atoms with van der Waals surface area (Å²) in [6.07, 6.45) is 7.52. The highest BCUT2D eigenvalue weighted by Crippen LogP contribution is 2.34. The average molecular weight is 377 g/mol. The molecule has 0 aromatic heterocycles. The number of likely N-dealkylation sites (N-methyl/N-ethyl adjacent to an activating group) is 1. The zero-order valence-corrected chi connectivity index (χ0v) is 15.5. The van der Waals surface area contributed by atoms with Crippen LogP contribution < -0.4 is 9.96 Å². The number of anilines is 1.